The summed E-state index contributed by atoms with van der Waals surface area (Å²) in [6.45, 7) is 4.74. The van der Waals surface area contributed by atoms with Crippen LogP contribution in [0.4, 0.5) is 4.39 Å². The number of hydrogen-bond acceptors (Lipinski definition) is 3. The van der Waals surface area contributed by atoms with Crippen molar-refractivity contribution in [2.75, 3.05) is 26.4 Å². The number of hydrogen-bond donors (Lipinski definition) is 1. The van der Waals surface area contributed by atoms with Gasteiger partial charge in [-0.1, -0.05) is 6.07 Å². The van der Waals surface area contributed by atoms with E-state index in [1.165, 1.54) is 6.07 Å². The molecule has 2 unspecified atom stereocenters. The quantitative estimate of drug-likeness (QED) is 0.926. The van der Waals surface area contributed by atoms with Gasteiger partial charge in [0.2, 0.25) is 0 Å². The highest BCUT2D eigenvalue weighted by atomic mass is 79.9. The average Bonchev–Trinajstić information content (AvgIpc) is 2.40. The highest BCUT2D eigenvalue weighted by Gasteiger charge is 2.15. The van der Waals surface area contributed by atoms with Crippen LogP contribution >= 0.6 is 15.9 Å². The van der Waals surface area contributed by atoms with E-state index < -0.39 is 0 Å². The summed E-state index contributed by atoms with van der Waals surface area (Å²) < 4.78 is 24.5. The minimum Gasteiger partial charge on any atom is -0.376 e. The van der Waals surface area contributed by atoms with Gasteiger partial charge in [0.25, 0.3) is 0 Å². The Hall–Kier alpha value is -0.490. The smallest absolute Gasteiger partial charge is 0.137 e. The number of rotatable bonds is 4. The topological polar surface area (TPSA) is 30.5 Å². The average molecular weight is 318 g/mol. The van der Waals surface area contributed by atoms with Crippen molar-refractivity contribution in [3.63, 3.8) is 0 Å². The third-order valence-corrected chi connectivity index (χ3v) is 3.59. The molecule has 18 heavy (non-hydrogen) atoms. The van der Waals surface area contributed by atoms with E-state index in [0.29, 0.717) is 24.3 Å². The molecule has 1 aliphatic rings. The molecule has 2 atom stereocenters. The number of ether oxygens (including phenoxy) is 2. The first kappa shape index (κ1) is 13.9. The van der Waals surface area contributed by atoms with E-state index in [9.17, 15) is 4.39 Å². The summed E-state index contributed by atoms with van der Waals surface area (Å²) >= 11 is 3.19. The highest BCUT2D eigenvalue weighted by molar-refractivity contribution is 9.10. The van der Waals surface area contributed by atoms with Crippen molar-refractivity contribution < 1.29 is 13.9 Å². The normalized spacial score (nSPS) is 21.8. The van der Waals surface area contributed by atoms with Gasteiger partial charge in [0.05, 0.1) is 30.4 Å². The van der Waals surface area contributed by atoms with Gasteiger partial charge >= 0.3 is 0 Å². The Balaban J connectivity index is 1.86. The number of benzene rings is 1. The van der Waals surface area contributed by atoms with Crippen molar-refractivity contribution >= 4 is 15.9 Å². The summed E-state index contributed by atoms with van der Waals surface area (Å²) in [7, 11) is 0. The van der Waals surface area contributed by atoms with Gasteiger partial charge in [-0.2, -0.15) is 0 Å². The third-order valence-electron chi connectivity index (χ3n) is 2.98. The molecule has 5 heteroatoms. The van der Waals surface area contributed by atoms with Gasteiger partial charge < -0.3 is 14.8 Å². The molecule has 100 valence electrons. The zero-order valence-corrected chi connectivity index (χ0v) is 11.9. The minimum absolute atomic E-state index is 0.102. The predicted molar refractivity (Wildman–Crippen MR) is 71.1 cm³/mol. The lowest BCUT2D eigenvalue weighted by Gasteiger charge is -2.25. The highest BCUT2D eigenvalue weighted by Crippen LogP contribution is 2.21. The second-order valence-corrected chi connectivity index (χ2v) is 5.23. The van der Waals surface area contributed by atoms with Crippen molar-refractivity contribution in [3.8, 4) is 0 Å². The van der Waals surface area contributed by atoms with Crippen LogP contribution in [-0.2, 0) is 9.47 Å². The fourth-order valence-electron chi connectivity index (χ4n) is 1.86. The number of nitrogens with one attached hydrogen (secondary N) is 1. The lowest BCUT2D eigenvalue weighted by atomic mass is 10.1. The lowest BCUT2D eigenvalue weighted by molar-refractivity contribution is -0.0869. The van der Waals surface area contributed by atoms with Gasteiger partial charge in [-0.15, -0.1) is 0 Å². The Bertz CT molecular complexity index is 397. The minimum atomic E-state index is -0.241. The zero-order chi connectivity index (χ0) is 13.0. The zero-order valence-electron chi connectivity index (χ0n) is 10.3. The maximum atomic E-state index is 13.1. The molecule has 3 nitrogen and oxygen atoms in total. The third kappa shape index (κ3) is 3.75. The molecule has 0 bridgehead atoms. The summed E-state index contributed by atoms with van der Waals surface area (Å²) in [5, 5.41) is 3.37. The second-order valence-electron chi connectivity index (χ2n) is 4.37. The van der Waals surface area contributed by atoms with Gasteiger partial charge in [0.15, 0.2) is 0 Å². The molecule has 0 amide bonds. The fraction of sp³-hybridized carbons (Fsp3) is 0.538. The first-order chi connectivity index (χ1) is 8.66. The van der Waals surface area contributed by atoms with Crippen molar-refractivity contribution in [2.24, 2.45) is 0 Å². The molecule has 2 rings (SSSR count). The molecular weight excluding hydrogens is 301 g/mol. The molecule has 0 saturated carbocycles. The van der Waals surface area contributed by atoms with Crippen LogP contribution in [0.5, 0.6) is 0 Å². The van der Waals surface area contributed by atoms with Crippen molar-refractivity contribution in [2.45, 2.75) is 19.1 Å². The maximum absolute atomic E-state index is 13.1. The molecule has 1 N–H and O–H groups in total. The molecule has 1 heterocycles. The van der Waals surface area contributed by atoms with Gasteiger partial charge in [-0.05, 0) is 40.5 Å². The Morgan fingerprint density at radius 3 is 3.00 bits per heavy atom. The largest absolute Gasteiger partial charge is 0.376 e. The summed E-state index contributed by atoms with van der Waals surface area (Å²) in [5.41, 5.74) is 1.04. The van der Waals surface area contributed by atoms with E-state index >= 15 is 0 Å². The van der Waals surface area contributed by atoms with E-state index in [2.05, 4.69) is 21.2 Å². The van der Waals surface area contributed by atoms with E-state index in [1.54, 1.807) is 12.1 Å². The monoisotopic (exact) mass is 317 g/mol. The molecule has 1 aromatic carbocycles. The molecule has 1 aromatic rings. The van der Waals surface area contributed by atoms with Crippen LogP contribution in [0.15, 0.2) is 22.7 Å². The lowest BCUT2D eigenvalue weighted by Crippen LogP contribution is -2.38. The SMILES string of the molecule is CC(NCC1COCCO1)c1ccc(F)c(Br)c1. The van der Waals surface area contributed by atoms with Gasteiger partial charge in [0.1, 0.15) is 5.82 Å². The second kappa shape index (κ2) is 6.61. The molecule has 0 spiro atoms. The van der Waals surface area contributed by atoms with Crippen LogP contribution in [0, 0.1) is 5.82 Å². The van der Waals surface area contributed by atoms with Crippen LogP contribution in [0.25, 0.3) is 0 Å². The van der Waals surface area contributed by atoms with E-state index in [1.807, 2.05) is 6.92 Å². The Morgan fingerprint density at radius 2 is 2.33 bits per heavy atom. The summed E-state index contributed by atoms with van der Waals surface area (Å²) in [4.78, 5) is 0. The van der Waals surface area contributed by atoms with Crippen molar-refractivity contribution in [1.29, 1.82) is 0 Å². The maximum Gasteiger partial charge on any atom is 0.137 e. The van der Waals surface area contributed by atoms with Crippen LogP contribution in [0.1, 0.15) is 18.5 Å². The van der Waals surface area contributed by atoms with Crippen LogP contribution in [0.2, 0.25) is 0 Å². The standard InChI is InChI=1S/C13H17BrFNO2/c1-9(10-2-3-13(15)12(14)6-10)16-7-11-8-17-4-5-18-11/h2-3,6,9,11,16H,4-5,7-8H2,1H3. The van der Waals surface area contributed by atoms with Gasteiger partial charge in [-0.3, -0.25) is 0 Å². The van der Waals surface area contributed by atoms with Crippen LogP contribution < -0.4 is 5.32 Å². The van der Waals surface area contributed by atoms with E-state index in [-0.39, 0.29) is 18.0 Å². The Labute approximate surface area is 115 Å². The summed E-state index contributed by atoms with van der Waals surface area (Å²) in [6, 6.07) is 5.20. The molecule has 1 saturated heterocycles. The van der Waals surface area contributed by atoms with Crippen LogP contribution in [-0.4, -0.2) is 32.5 Å². The van der Waals surface area contributed by atoms with Crippen molar-refractivity contribution in [1.82, 2.24) is 5.32 Å². The number of halogens is 2. The first-order valence-electron chi connectivity index (χ1n) is 6.04. The molecule has 1 aliphatic heterocycles. The molecular formula is C13H17BrFNO2. The van der Waals surface area contributed by atoms with Crippen molar-refractivity contribution in [3.05, 3.63) is 34.1 Å². The first-order valence-corrected chi connectivity index (χ1v) is 6.84. The predicted octanol–water partition coefficient (Wildman–Crippen LogP) is 2.65. The Morgan fingerprint density at radius 1 is 1.50 bits per heavy atom. The molecule has 1 fully saturated rings. The summed E-state index contributed by atoms with van der Waals surface area (Å²) in [6.07, 6.45) is 0.102. The fourth-order valence-corrected chi connectivity index (χ4v) is 2.26. The van der Waals surface area contributed by atoms with Gasteiger partial charge in [-0.25, -0.2) is 4.39 Å². The van der Waals surface area contributed by atoms with Gasteiger partial charge in [0, 0.05) is 12.6 Å². The van der Waals surface area contributed by atoms with E-state index in [4.69, 9.17) is 9.47 Å². The molecule has 0 aromatic heterocycles. The van der Waals surface area contributed by atoms with Crippen LogP contribution in [0.3, 0.4) is 0 Å². The molecule has 0 radical (unpaired) electrons. The summed E-state index contributed by atoms with van der Waals surface area (Å²) in [5.74, 6) is -0.241. The molecule has 0 aliphatic carbocycles. The Kier molecular flexibility index (Phi) is 5.12. The van der Waals surface area contributed by atoms with E-state index in [0.717, 1.165) is 12.1 Å².